The highest BCUT2D eigenvalue weighted by Crippen LogP contribution is 2.39. The lowest BCUT2D eigenvalue weighted by Crippen LogP contribution is -2.49. The number of pyridine rings is 1. The van der Waals surface area contributed by atoms with Gasteiger partial charge in [-0.1, -0.05) is 18.2 Å². The second-order valence-electron chi connectivity index (χ2n) is 9.42. The Bertz CT molecular complexity index is 1420. The quantitative estimate of drug-likeness (QED) is 0.467. The van der Waals surface area contributed by atoms with Gasteiger partial charge in [0.2, 0.25) is 0 Å². The SMILES string of the molecule is COc1ccc(C(=O)N2CC3CC(C2)c2c(NCc4cc5ccccc5o4)ccc(=O)n2C3)cc1. The normalized spacial score (nSPS) is 18.8. The third-order valence-electron chi connectivity index (χ3n) is 7.14. The number of para-hydroxylation sites is 1. The van der Waals surface area contributed by atoms with Crippen LogP contribution < -0.4 is 15.6 Å². The smallest absolute Gasteiger partial charge is 0.253 e. The fourth-order valence-electron chi connectivity index (χ4n) is 5.55. The van der Waals surface area contributed by atoms with Crippen molar-refractivity contribution in [2.24, 2.45) is 5.92 Å². The van der Waals surface area contributed by atoms with Gasteiger partial charge in [0, 0.05) is 48.3 Å². The number of piperidine rings is 1. The van der Waals surface area contributed by atoms with Gasteiger partial charge < -0.3 is 23.9 Å². The molecular formula is C28H27N3O4. The molecule has 2 aromatic heterocycles. The van der Waals surface area contributed by atoms with Crippen LogP contribution in [0.5, 0.6) is 5.75 Å². The highest BCUT2D eigenvalue weighted by molar-refractivity contribution is 5.94. The first-order valence-electron chi connectivity index (χ1n) is 12.0. The Kier molecular flexibility index (Phi) is 5.32. The van der Waals surface area contributed by atoms with Crippen LogP contribution in [0, 0.1) is 5.92 Å². The summed E-state index contributed by atoms with van der Waals surface area (Å²) in [5.74, 6) is 1.93. The molecule has 1 N–H and O–H groups in total. The summed E-state index contributed by atoms with van der Waals surface area (Å²) in [6, 6.07) is 20.7. The molecule has 35 heavy (non-hydrogen) atoms. The van der Waals surface area contributed by atoms with E-state index in [4.69, 9.17) is 9.15 Å². The second-order valence-corrected chi connectivity index (χ2v) is 9.42. The second kappa shape index (κ2) is 8.65. The summed E-state index contributed by atoms with van der Waals surface area (Å²) in [6.07, 6.45) is 0.967. The van der Waals surface area contributed by atoms with E-state index >= 15 is 0 Å². The molecule has 1 fully saturated rings. The predicted octanol–water partition coefficient (Wildman–Crippen LogP) is 4.47. The minimum Gasteiger partial charge on any atom is -0.497 e. The highest BCUT2D eigenvalue weighted by Gasteiger charge is 2.38. The van der Waals surface area contributed by atoms with Gasteiger partial charge >= 0.3 is 0 Å². The number of nitrogens with zero attached hydrogens (tertiary/aromatic N) is 2. The molecule has 2 aliphatic heterocycles. The van der Waals surface area contributed by atoms with Crippen LogP contribution in [-0.2, 0) is 13.1 Å². The molecule has 1 amide bonds. The van der Waals surface area contributed by atoms with E-state index in [0.717, 1.165) is 40.3 Å². The Morgan fingerprint density at radius 2 is 1.89 bits per heavy atom. The number of ether oxygens (including phenoxy) is 1. The van der Waals surface area contributed by atoms with Crippen LogP contribution in [0.2, 0.25) is 0 Å². The average Bonchev–Trinajstić information content (AvgIpc) is 3.31. The Labute approximate surface area is 202 Å². The number of carbonyl (C=O) groups is 1. The van der Waals surface area contributed by atoms with E-state index in [0.29, 0.717) is 31.7 Å². The number of anilines is 1. The molecule has 6 rings (SSSR count). The van der Waals surface area contributed by atoms with Crippen molar-refractivity contribution in [1.82, 2.24) is 9.47 Å². The maximum Gasteiger partial charge on any atom is 0.253 e. The average molecular weight is 470 g/mol. The number of hydrogen-bond donors (Lipinski definition) is 1. The van der Waals surface area contributed by atoms with E-state index in [1.54, 1.807) is 13.2 Å². The van der Waals surface area contributed by atoms with E-state index in [9.17, 15) is 9.59 Å². The first kappa shape index (κ1) is 21.5. The zero-order valence-corrected chi connectivity index (χ0v) is 19.6. The number of benzene rings is 2. The minimum atomic E-state index is 0.0129. The van der Waals surface area contributed by atoms with Crippen LogP contribution in [0.4, 0.5) is 5.69 Å². The molecule has 178 valence electrons. The Morgan fingerprint density at radius 3 is 2.69 bits per heavy atom. The van der Waals surface area contributed by atoms with E-state index in [1.807, 2.05) is 70.1 Å². The Hall–Kier alpha value is -4.00. The van der Waals surface area contributed by atoms with Crippen molar-refractivity contribution in [2.45, 2.75) is 25.4 Å². The summed E-state index contributed by atoms with van der Waals surface area (Å²) < 4.78 is 13.1. The zero-order valence-electron chi connectivity index (χ0n) is 19.6. The number of amides is 1. The van der Waals surface area contributed by atoms with Crippen LogP contribution in [0.15, 0.2) is 75.9 Å². The predicted molar refractivity (Wildman–Crippen MR) is 134 cm³/mol. The summed E-state index contributed by atoms with van der Waals surface area (Å²) in [6.45, 7) is 2.38. The third kappa shape index (κ3) is 3.97. The molecule has 0 saturated carbocycles. The fourth-order valence-corrected chi connectivity index (χ4v) is 5.55. The summed E-state index contributed by atoms with van der Waals surface area (Å²) in [7, 11) is 1.61. The van der Waals surface area contributed by atoms with Crippen molar-refractivity contribution < 1.29 is 13.9 Å². The molecule has 0 aliphatic carbocycles. The lowest BCUT2D eigenvalue weighted by atomic mass is 9.82. The van der Waals surface area contributed by atoms with Gasteiger partial charge in [-0.2, -0.15) is 0 Å². The number of furan rings is 1. The van der Waals surface area contributed by atoms with Gasteiger partial charge in [-0.3, -0.25) is 9.59 Å². The van der Waals surface area contributed by atoms with Gasteiger partial charge in [0.15, 0.2) is 0 Å². The van der Waals surface area contributed by atoms with Gasteiger partial charge in [0.05, 0.1) is 19.3 Å². The Morgan fingerprint density at radius 1 is 1.06 bits per heavy atom. The summed E-state index contributed by atoms with van der Waals surface area (Å²) in [5.41, 5.74) is 3.43. The molecule has 0 spiro atoms. The lowest BCUT2D eigenvalue weighted by Gasteiger charge is -2.43. The molecule has 2 aromatic carbocycles. The third-order valence-corrected chi connectivity index (χ3v) is 7.14. The molecule has 7 nitrogen and oxygen atoms in total. The van der Waals surface area contributed by atoms with E-state index < -0.39 is 0 Å². The first-order valence-corrected chi connectivity index (χ1v) is 12.0. The minimum absolute atomic E-state index is 0.0129. The van der Waals surface area contributed by atoms with Gasteiger partial charge in [0.25, 0.3) is 11.5 Å². The Balaban J connectivity index is 1.26. The number of hydrogen-bond acceptors (Lipinski definition) is 5. The van der Waals surface area contributed by atoms with Crippen molar-refractivity contribution in [1.29, 1.82) is 0 Å². The molecule has 7 heteroatoms. The fraction of sp³-hybridized carbons (Fsp3) is 0.286. The van der Waals surface area contributed by atoms with Gasteiger partial charge in [-0.25, -0.2) is 0 Å². The summed E-state index contributed by atoms with van der Waals surface area (Å²) >= 11 is 0. The maximum atomic E-state index is 13.3. The molecule has 0 radical (unpaired) electrons. The molecule has 2 atom stereocenters. The number of carbonyl (C=O) groups excluding carboxylic acids is 1. The molecule has 2 unspecified atom stereocenters. The molecule has 4 heterocycles. The van der Waals surface area contributed by atoms with Crippen LogP contribution in [0.25, 0.3) is 11.0 Å². The zero-order chi connectivity index (χ0) is 23.9. The molecular weight excluding hydrogens is 442 g/mol. The van der Waals surface area contributed by atoms with E-state index in [2.05, 4.69) is 5.32 Å². The number of likely N-dealkylation sites (tertiary alicyclic amines) is 1. The van der Waals surface area contributed by atoms with Crippen LogP contribution in [0.1, 0.15) is 34.2 Å². The van der Waals surface area contributed by atoms with Crippen molar-refractivity contribution in [2.75, 3.05) is 25.5 Å². The molecule has 2 aliphatic rings. The van der Waals surface area contributed by atoms with Crippen LogP contribution >= 0.6 is 0 Å². The van der Waals surface area contributed by atoms with E-state index in [-0.39, 0.29) is 23.3 Å². The highest BCUT2D eigenvalue weighted by atomic mass is 16.5. The topological polar surface area (TPSA) is 76.7 Å². The number of methoxy groups -OCH3 is 1. The number of nitrogens with one attached hydrogen (secondary N) is 1. The maximum absolute atomic E-state index is 13.3. The van der Waals surface area contributed by atoms with Crippen molar-refractivity contribution in [3.63, 3.8) is 0 Å². The largest absolute Gasteiger partial charge is 0.497 e. The first-order chi connectivity index (χ1) is 17.1. The van der Waals surface area contributed by atoms with Gasteiger partial charge in [0.1, 0.15) is 17.1 Å². The number of fused-ring (bicyclic) bond motifs is 5. The standard InChI is InChI=1S/C28H27N3O4/c1-34-22-8-6-19(7-9-22)28(33)30-15-18-12-21(17-30)27-24(10-11-26(32)31(27)16-18)29-14-23-13-20-4-2-3-5-25(20)35-23/h2-11,13,18,21,29H,12,14-17H2,1H3. The molecule has 2 bridgehead atoms. The monoisotopic (exact) mass is 469 g/mol. The summed E-state index contributed by atoms with van der Waals surface area (Å²) in [5, 5.41) is 4.57. The molecule has 1 saturated heterocycles. The van der Waals surface area contributed by atoms with Crippen LogP contribution in [-0.4, -0.2) is 35.6 Å². The molecule has 4 aromatic rings. The number of rotatable bonds is 5. The van der Waals surface area contributed by atoms with Crippen molar-refractivity contribution >= 4 is 22.6 Å². The summed E-state index contributed by atoms with van der Waals surface area (Å²) in [4.78, 5) is 28.0. The number of aromatic nitrogens is 1. The van der Waals surface area contributed by atoms with Crippen LogP contribution in [0.3, 0.4) is 0 Å². The van der Waals surface area contributed by atoms with Gasteiger partial charge in [-0.05, 0) is 54.8 Å². The van der Waals surface area contributed by atoms with Crippen molar-refractivity contribution in [3.05, 3.63) is 94.1 Å². The van der Waals surface area contributed by atoms with Gasteiger partial charge in [-0.15, -0.1) is 0 Å². The lowest BCUT2D eigenvalue weighted by molar-refractivity contribution is 0.0595. The van der Waals surface area contributed by atoms with E-state index in [1.165, 1.54) is 0 Å². The van der Waals surface area contributed by atoms with Crippen molar-refractivity contribution in [3.8, 4) is 5.75 Å².